The maximum Gasteiger partial charge on any atom is 0.143 e. The summed E-state index contributed by atoms with van der Waals surface area (Å²) in [6, 6.07) is 14.2. The first kappa shape index (κ1) is 14.9. The predicted molar refractivity (Wildman–Crippen MR) is 86.5 cm³/mol. The van der Waals surface area contributed by atoms with E-state index in [1.807, 2.05) is 0 Å². The maximum atomic E-state index is 9.04. The van der Waals surface area contributed by atoms with Crippen LogP contribution in [0.4, 0.5) is 11.5 Å². The fraction of sp³-hybridized carbons (Fsp3) is 0.294. The van der Waals surface area contributed by atoms with Gasteiger partial charge in [-0.15, -0.1) is 0 Å². The number of nitriles is 1. The first-order valence-electron chi connectivity index (χ1n) is 7.15. The molecule has 0 unspecified atom stereocenters. The third kappa shape index (κ3) is 3.96. The van der Waals surface area contributed by atoms with Crippen LogP contribution in [0.5, 0.6) is 0 Å². The minimum Gasteiger partial charge on any atom is -0.370 e. The van der Waals surface area contributed by atoms with Gasteiger partial charge in [-0.3, -0.25) is 0 Å². The summed E-state index contributed by atoms with van der Waals surface area (Å²) in [6.45, 7) is 6.79. The van der Waals surface area contributed by atoms with Gasteiger partial charge in [0.05, 0.1) is 5.56 Å². The molecule has 2 aromatic rings. The van der Waals surface area contributed by atoms with E-state index in [0.717, 1.165) is 19.6 Å². The molecule has 108 valence electrons. The average Bonchev–Trinajstić information content (AvgIpc) is 2.52. The SMILES string of the molecule is CCN(CCNc1ncccc1C#N)c1cccc(C)c1. The van der Waals surface area contributed by atoms with Crippen molar-refractivity contribution >= 4 is 11.5 Å². The molecule has 1 aromatic heterocycles. The monoisotopic (exact) mass is 280 g/mol. The van der Waals surface area contributed by atoms with Crippen molar-refractivity contribution in [1.29, 1.82) is 5.26 Å². The molecule has 0 spiro atoms. The lowest BCUT2D eigenvalue weighted by Crippen LogP contribution is -2.29. The van der Waals surface area contributed by atoms with Gasteiger partial charge >= 0.3 is 0 Å². The highest BCUT2D eigenvalue weighted by Gasteiger charge is 2.05. The molecular formula is C17H20N4. The van der Waals surface area contributed by atoms with E-state index in [-0.39, 0.29) is 0 Å². The highest BCUT2D eigenvalue weighted by Crippen LogP contribution is 2.15. The Hall–Kier alpha value is -2.54. The van der Waals surface area contributed by atoms with Crippen LogP contribution in [0.15, 0.2) is 42.6 Å². The molecule has 0 saturated heterocycles. The van der Waals surface area contributed by atoms with Crippen LogP contribution >= 0.6 is 0 Å². The average molecular weight is 280 g/mol. The van der Waals surface area contributed by atoms with Crippen LogP contribution in [0.3, 0.4) is 0 Å². The molecular weight excluding hydrogens is 260 g/mol. The predicted octanol–water partition coefficient (Wildman–Crippen LogP) is 3.20. The number of pyridine rings is 1. The second kappa shape index (κ2) is 7.30. The van der Waals surface area contributed by atoms with Gasteiger partial charge in [0.1, 0.15) is 11.9 Å². The number of likely N-dealkylation sites (N-methyl/N-ethyl adjacent to an activating group) is 1. The van der Waals surface area contributed by atoms with E-state index >= 15 is 0 Å². The minimum absolute atomic E-state index is 0.580. The standard InChI is InChI=1S/C17H20N4/c1-3-21(16-8-4-6-14(2)12-16)11-10-20-17-15(13-18)7-5-9-19-17/h4-9,12H,3,10-11H2,1-2H3,(H,19,20). The number of hydrogen-bond donors (Lipinski definition) is 1. The van der Waals surface area contributed by atoms with Crippen LogP contribution in [0.25, 0.3) is 0 Å². The topological polar surface area (TPSA) is 52.0 Å². The Bertz CT molecular complexity index is 631. The molecule has 4 heteroatoms. The molecule has 1 N–H and O–H groups in total. The quantitative estimate of drug-likeness (QED) is 0.883. The minimum atomic E-state index is 0.580. The van der Waals surface area contributed by atoms with E-state index < -0.39 is 0 Å². The number of anilines is 2. The molecule has 0 radical (unpaired) electrons. The zero-order chi connectivity index (χ0) is 15.1. The van der Waals surface area contributed by atoms with Gasteiger partial charge in [-0.25, -0.2) is 4.98 Å². The third-order valence-corrected chi connectivity index (χ3v) is 3.35. The Kier molecular flexibility index (Phi) is 5.16. The Morgan fingerprint density at radius 3 is 2.86 bits per heavy atom. The number of nitrogens with zero attached hydrogens (tertiary/aromatic N) is 3. The van der Waals surface area contributed by atoms with Crippen LogP contribution in [0.2, 0.25) is 0 Å². The molecule has 2 rings (SSSR count). The van der Waals surface area contributed by atoms with Gasteiger partial charge in [0.2, 0.25) is 0 Å². The third-order valence-electron chi connectivity index (χ3n) is 3.35. The van der Waals surface area contributed by atoms with Crippen LogP contribution in [-0.2, 0) is 0 Å². The lowest BCUT2D eigenvalue weighted by Gasteiger charge is -2.23. The molecule has 0 atom stereocenters. The summed E-state index contributed by atoms with van der Waals surface area (Å²) in [5.74, 6) is 0.653. The summed E-state index contributed by atoms with van der Waals surface area (Å²) in [4.78, 5) is 6.51. The lowest BCUT2D eigenvalue weighted by atomic mass is 10.2. The number of nitrogens with one attached hydrogen (secondary N) is 1. The molecule has 0 amide bonds. The largest absolute Gasteiger partial charge is 0.370 e. The summed E-state index contributed by atoms with van der Waals surface area (Å²) in [6.07, 6.45) is 1.70. The molecule has 0 aliphatic carbocycles. The van der Waals surface area contributed by atoms with E-state index in [0.29, 0.717) is 11.4 Å². The highest BCUT2D eigenvalue weighted by atomic mass is 15.1. The summed E-state index contributed by atoms with van der Waals surface area (Å²) < 4.78 is 0. The molecule has 1 aromatic carbocycles. The second-order valence-electron chi connectivity index (χ2n) is 4.86. The number of aromatic nitrogens is 1. The van der Waals surface area contributed by atoms with Crippen molar-refractivity contribution in [3.63, 3.8) is 0 Å². The molecule has 21 heavy (non-hydrogen) atoms. The number of aryl methyl sites for hydroxylation is 1. The fourth-order valence-corrected chi connectivity index (χ4v) is 2.24. The smallest absolute Gasteiger partial charge is 0.143 e. The van der Waals surface area contributed by atoms with E-state index in [1.165, 1.54) is 11.3 Å². The Labute approximate surface area is 126 Å². The lowest BCUT2D eigenvalue weighted by molar-refractivity contribution is 0.832. The van der Waals surface area contributed by atoms with Gasteiger partial charge in [-0.2, -0.15) is 5.26 Å². The number of rotatable bonds is 6. The maximum absolute atomic E-state index is 9.04. The summed E-state index contributed by atoms with van der Waals surface area (Å²) in [5, 5.41) is 12.3. The first-order chi connectivity index (χ1) is 10.2. The van der Waals surface area contributed by atoms with Crippen molar-refractivity contribution in [3.8, 4) is 6.07 Å². The second-order valence-corrected chi connectivity index (χ2v) is 4.86. The molecule has 0 bridgehead atoms. The van der Waals surface area contributed by atoms with Crippen molar-refractivity contribution in [2.24, 2.45) is 0 Å². The fourth-order valence-electron chi connectivity index (χ4n) is 2.24. The summed E-state index contributed by atoms with van der Waals surface area (Å²) in [7, 11) is 0. The van der Waals surface area contributed by atoms with Crippen LogP contribution < -0.4 is 10.2 Å². The van der Waals surface area contributed by atoms with Gasteiger partial charge in [0.15, 0.2) is 0 Å². The highest BCUT2D eigenvalue weighted by molar-refractivity contribution is 5.52. The molecule has 4 nitrogen and oxygen atoms in total. The first-order valence-corrected chi connectivity index (χ1v) is 7.15. The van der Waals surface area contributed by atoms with Crippen molar-refractivity contribution in [2.75, 3.05) is 29.9 Å². The zero-order valence-electron chi connectivity index (χ0n) is 12.5. The van der Waals surface area contributed by atoms with E-state index in [1.54, 1.807) is 18.3 Å². The van der Waals surface area contributed by atoms with Gasteiger partial charge < -0.3 is 10.2 Å². The molecule has 0 saturated carbocycles. The summed E-state index contributed by atoms with van der Waals surface area (Å²) in [5.41, 5.74) is 3.06. The summed E-state index contributed by atoms with van der Waals surface area (Å²) >= 11 is 0. The number of hydrogen-bond acceptors (Lipinski definition) is 4. The van der Waals surface area contributed by atoms with Gasteiger partial charge in [-0.1, -0.05) is 12.1 Å². The van der Waals surface area contributed by atoms with E-state index in [4.69, 9.17) is 5.26 Å². The molecule has 0 aliphatic heterocycles. The van der Waals surface area contributed by atoms with E-state index in [9.17, 15) is 0 Å². The van der Waals surface area contributed by atoms with Crippen molar-refractivity contribution in [3.05, 3.63) is 53.7 Å². The van der Waals surface area contributed by atoms with E-state index in [2.05, 4.69) is 59.4 Å². The molecule has 1 heterocycles. The normalized spacial score (nSPS) is 9.95. The van der Waals surface area contributed by atoms with Gasteiger partial charge in [0.25, 0.3) is 0 Å². The van der Waals surface area contributed by atoms with Crippen LogP contribution in [-0.4, -0.2) is 24.6 Å². The number of benzene rings is 1. The van der Waals surface area contributed by atoms with Crippen molar-refractivity contribution in [1.82, 2.24) is 4.98 Å². The van der Waals surface area contributed by atoms with Crippen molar-refractivity contribution in [2.45, 2.75) is 13.8 Å². The Morgan fingerprint density at radius 2 is 2.14 bits per heavy atom. The van der Waals surface area contributed by atoms with Crippen LogP contribution in [0, 0.1) is 18.3 Å². The van der Waals surface area contributed by atoms with Crippen LogP contribution in [0.1, 0.15) is 18.1 Å². The van der Waals surface area contributed by atoms with Crippen molar-refractivity contribution < 1.29 is 0 Å². The van der Waals surface area contributed by atoms with Gasteiger partial charge in [0, 0.05) is 31.5 Å². The Morgan fingerprint density at radius 1 is 1.29 bits per heavy atom. The molecule has 0 fully saturated rings. The van der Waals surface area contributed by atoms with Gasteiger partial charge in [-0.05, 0) is 43.7 Å². The Balaban J connectivity index is 1.97. The zero-order valence-corrected chi connectivity index (χ0v) is 12.5. The molecule has 0 aliphatic rings.